The van der Waals surface area contributed by atoms with E-state index in [0.717, 1.165) is 12.1 Å². The van der Waals surface area contributed by atoms with Crippen LogP contribution in [-0.2, 0) is 12.6 Å². The fourth-order valence-corrected chi connectivity index (χ4v) is 1.92. The van der Waals surface area contributed by atoms with Crippen LogP contribution in [0.2, 0.25) is 0 Å². The lowest BCUT2D eigenvalue weighted by Crippen LogP contribution is -2.13. The molecular weight excluding hydrogens is 283 g/mol. The van der Waals surface area contributed by atoms with E-state index in [2.05, 4.69) is 10.4 Å². The molecule has 7 N–H and O–H groups in total. The Morgan fingerprint density at radius 2 is 1.71 bits per heavy atom. The van der Waals surface area contributed by atoms with Crippen molar-refractivity contribution in [2.75, 3.05) is 16.9 Å². The number of nitrogens with one attached hydrogen (secondary N) is 1. The molecule has 0 radical (unpaired) electrons. The van der Waals surface area contributed by atoms with Crippen LogP contribution in [0, 0.1) is 0 Å². The van der Waals surface area contributed by atoms with Crippen LogP contribution in [0.3, 0.4) is 0 Å². The predicted octanol–water partition coefficient (Wildman–Crippen LogP) is 2.14. The highest BCUT2D eigenvalue weighted by Gasteiger charge is 2.29. The molecule has 0 unspecified atom stereocenters. The molecule has 2 aromatic rings. The van der Waals surface area contributed by atoms with Gasteiger partial charge in [-0.1, -0.05) is 12.1 Å². The maximum Gasteiger partial charge on any atom is 0.416 e. The molecule has 0 saturated carbocycles. The van der Waals surface area contributed by atoms with E-state index in [1.165, 1.54) is 12.1 Å². The van der Waals surface area contributed by atoms with E-state index in [1.807, 2.05) is 0 Å². The molecule has 21 heavy (non-hydrogen) atoms. The van der Waals surface area contributed by atoms with Crippen LogP contribution in [-0.4, -0.2) is 4.98 Å². The normalized spacial score (nSPS) is 11.4. The fraction of sp³-hybridized carbons (Fsp3) is 0.154. The smallest absolute Gasteiger partial charge is 0.395 e. The molecule has 0 aliphatic rings. The largest absolute Gasteiger partial charge is 0.416 e. The number of alkyl halides is 3. The summed E-state index contributed by atoms with van der Waals surface area (Å²) >= 11 is 0. The molecule has 0 atom stereocenters. The van der Waals surface area contributed by atoms with Gasteiger partial charge in [0.1, 0.15) is 5.82 Å². The quantitative estimate of drug-likeness (QED) is 0.513. The summed E-state index contributed by atoms with van der Waals surface area (Å²) in [6.07, 6.45) is -4.03. The molecule has 1 heterocycles. The topological polar surface area (TPSA) is 103 Å². The highest BCUT2D eigenvalue weighted by molar-refractivity contribution is 5.68. The van der Waals surface area contributed by atoms with Crippen molar-refractivity contribution in [2.24, 2.45) is 5.84 Å². The number of nitrogens with zero attached hydrogens (tertiary/aromatic N) is 1. The average Bonchev–Trinajstić information content (AvgIpc) is 2.42. The van der Waals surface area contributed by atoms with Crippen LogP contribution in [0.15, 0.2) is 30.3 Å². The van der Waals surface area contributed by atoms with Crippen molar-refractivity contribution in [1.82, 2.24) is 4.98 Å². The van der Waals surface area contributed by atoms with Gasteiger partial charge < -0.3 is 16.9 Å². The summed E-state index contributed by atoms with van der Waals surface area (Å²) in [5.41, 5.74) is 14.7. The van der Waals surface area contributed by atoms with Crippen LogP contribution in [0.5, 0.6) is 0 Å². The summed E-state index contributed by atoms with van der Waals surface area (Å²) in [7, 11) is 0. The van der Waals surface area contributed by atoms with E-state index in [-0.39, 0.29) is 11.6 Å². The number of hydrazine groups is 1. The average molecular weight is 297 g/mol. The first-order valence-electron chi connectivity index (χ1n) is 5.99. The Morgan fingerprint density at radius 1 is 1.10 bits per heavy atom. The SMILES string of the molecule is NNc1nc(N)cc(Cc2ccc(C(F)(F)F)cc2)c1N. The number of halogens is 3. The number of aromatic nitrogens is 1. The summed E-state index contributed by atoms with van der Waals surface area (Å²) < 4.78 is 37.5. The van der Waals surface area contributed by atoms with Gasteiger partial charge in [-0.05, 0) is 35.7 Å². The van der Waals surface area contributed by atoms with Crippen molar-refractivity contribution in [3.63, 3.8) is 0 Å². The molecule has 0 amide bonds. The Kier molecular flexibility index (Phi) is 3.90. The second-order valence-electron chi connectivity index (χ2n) is 4.48. The van der Waals surface area contributed by atoms with E-state index in [4.69, 9.17) is 17.3 Å². The first-order chi connectivity index (χ1) is 9.81. The van der Waals surface area contributed by atoms with E-state index in [9.17, 15) is 13.2 Å². The maximum absolute atomic E-state index is 12.5. The number of pyridine rings is 1. The number of hydrogen-bond acceptors (Lipinski definition) is 5. The van der Waals surface area contributed by atoms with E-state index in [1.54, 1.807) is 6.07 Å². The summed E-state index contributed by atoms with van der Waals surface area (Å²) in [5, 5.41) is 0. The second-order valence-corrected chi connectivity index (χ2v) is 4.48. The molecule has 112 valence electrons. The Hall–Kier alpha value is -2.48. The molecular formula is C13H14F3N5. The molecule has 1 aromatic carbocycles. The summed E-state index contributed by atoms with van der Waals surface area (Å²) in [4.78, 5) is 3.91. The molecule has 8 heteroatoms. The van der Waals surface area contributed by atoms with Crippen LogP contribution in [0.1, 0.15) is 16.7 Å². The van der Waals surface area contributed by atoms with Crippen molar-refractivity contribution in [3.8, 4) is 0 Å². The van der Waals surface area contributed by atoms with Crippen LogP contribution in [0.4, 0.5) is 30.5 Å². The van der Waals surface area contributed by atoms with Gasteiger partial charge >= 0.3 is 6.18 Å². The number of hydrogen-bond donors (Lipinski definition) is 4. The minimum atomic E-state index is -4.35. The molecule has 0 bridgehead atoms. The predicted molar refractivity (Wildman–Crippen MR) is 75.1 cm³/mol. The minimum Gasteiger partial charge on any atom is -0.395 e. The lowest BCUT2D eigenvalue weighted by Gasteiger charge is -2.12. The third kappa shape index (κ3) is 3.34. The first kappa shape index (κ1) is 14.9. The zero-order chi connectivity index (χ0) is 15.6. The Morgan fingerprint density at radius 3 is 2.24 bits per heavy atom. The van der Waals surface area contributed by atoms with Crippen LogP contribution >= 0.6 is 0 Å². The molecule has 1 aromatic heterocycles. The molecule has 0 saturated heterocycles. The van der Waals surface area contributed by atoms with Crippen molar-refractivity contribution in [3.05, 3.63) is 47.0 Å². The van der Waals surface area contributed by atoms with E-state index in [0.29, 0.717) is 23.2 Å². The molecule has 5 nitrogen and oxygen atoms in total. The highest BCUT2D eigenvalue weighted by Crippen LogP contribution is 2.30. The number of anilines is 3. The van der Waals surface area contributed by atoms with Gasteiger partial charge in [-0.15, -0.1) is 0 Å². The fourth-order valence-electron chi connectivity index (χ4n) is 1.92. The van der Waals surface area contributed by atoms with Gasteiger partial charge in [0.25, 0.3) is 0 Å². The van der Waals surface area contributed by atoms with E-state index < -0.39 is 11.7 Å². The lowest BCUT2D eigenvalue weighted by atomic mass is 10.0. The number of nitrogens with two attached hydrogens (primary N) is 3. The minimum absolute atomic E-state index is 0.221. The molecule has 2 rings (SSSR count). The van der Waals surface area contributed by atoms with Crippen molar-refractivity contribution in [2.45, 2.75) is 12.6 Å². The van der Waals surface area contributed by atoms with E-state index >= 15 is 0 Å². The highest BCUT2D eigenvalue weighted by atomic mass is 19.4. The Balaban J connectivity index is 2.28. The molecule has 0 spiro atoms. The van der Waals surface area contributed by atoms with Crippen LogP contribution < -0.4 is 22.7 Å². The standard InChI is InChI=1S/C13H14F3N5/c14-13(15,16)9-3-1-7(2-4-9)5-8-6-10(17)20-12(21-19)11(8)18/h1-4,6H,5,18-19H2,(H3,17,20,21). The molecule has 0 aliphatic carbocycles. The number of benzene rings is 1. The summed E-state index contributed by atoms with van der Waals surface area (Å²) in [5.74, 6) is 5.73. The first-order valence-corrected chi connectivity index (χ1v) is 5.99. The van der Waals surface area contributed by atoms with Crippen molar-refractivity contribution in [1.29, 1.82) is 0 Å². The Bertz CT molecular complexity index is 637. The van der Waals surface area contributed by atoms with Gasteiger partial charge in [-0.25, -0.2) is 10.8 Å². The van der Waals surface area contributed by atoms with Gasteiger partial charge in [0.15, 0.2) is 5.82 Å². The van der Waals surface area contributed by atoms with Gasteiger partial charge in [0.05, 0.1) is 11.3 Å². The summed E-state index contributed by atoms with van der Waals surface area (Å²) in [6, 6.07) is 6.41. The zero-order valence-electron chi connectivity index (χ0n) is 10.9. The number of nitrogen functional groups attached to an aromatic ring is 3. The monoisotopic (exact) mass is 297 g/mol. The summed E-state index contributed by atoms with van der Waals surface area (Å²) in [6.45, 7) is 0. The zero-order valence-corrected chi connectivity index (χ0v) is 10.9. The van der Waals surface area contributed by atoms with Crippen LogP contribution in [0.25, 0.3) is 0 Å². The van der Waals surface area contributed by atoms with Crippen molar-refractivity contribution >= 4 is 17.3 Å². The van der Waals surface area contributed by atoms with Gasteiger partial charge in [-0.3, -0.25) is 0 Å². The van der Waals surface area contributed by atoms with Gasteiger partial charge in [-0.2, -0.15) is 13.2 Å². The number of rotatable bonds is 3. The third-order valence-corrected chi connectivity index (χ3v) is 2.98. The molecule has 0 aliphatic heterocycles. The molecule has 0 fully saturated rings. The van der Waals surface area contributed by atoms with Crippen molar-refractivity contribution < 1.29 is 13.2 Å². The third-order valence-electron chi connectivity index (χ3n) is 2.98. The Labute approximate surface area is 118 Å². The maximum atomic E-state index is 12.5. The van der Waals surface area contributed by atoms with Gasteiger partial charge in [0, 0.05) is 0 Å². The van der Waals surface area contributed by atoms with Gasteiger partial charge in [0.2, 0.25) is 0 Å². The second kappa shape index (κ2) is 5.49. The lowest BCUT2D eigenvalue weighted by molar-refractivity contribution is -0.137.